The Kier molecular flexibility index (Phi) is 5.85. The van der Waals surface area contributed by atoms with Crippen molar-refractivity contribution in [2.45, 2.75) is 26.0 Å². The van der Waals surface area contributed by atoms with Gasteiger partial charge in [-0.15, -0.1) is 0 Å². The van der Waals surface area contributed by atoms with Crippen molar-refractivity contribution in [2.24, 2.45) is 0 Å². The highest BCUT2D eigenvalue weighted by Gasteiger charge is 2.18. The number of hydrogen-bond donors (Lipinski definition) is 2. The van der Waals surface area contributed by atoms with Crippen LogP contribution < -0.4 is 10.1 Å². The summed E-state index contributed by atoms with van der Waals surface area (Å²) in [5.41, 5.74) is 1.94. The predicted molar refractivity (Wildman–Crippen MR) is 121 cm³/mol. The molecule has 4 rings (SSSR count). The monoisotopic (exact) mass is 413 g/mol. The third-order valence-corrected chi connectivity index (χ3v) is 5.30. The molecule has 0 saturated heterocycles. The van der Waals surface area contributed by atoms with Gasteiger partial charge in [0.05, 0.1) is 0 Å². The average molecular weight is 413 g/mol. The fraction of sp³-hybridized carbons (Fsp3) is 0.154. The molecule has 0 aromatic heterocycles. The standard InChI is InChI=1S/C26H23NO4/c1-17(28)27-25(26(29)30)14-18-10-12-21(13-11-18)31-16-24-22-8-4-2-6-19(22)15-20-7-3-5-9-23(20)24/h2-13,15,25H,14,16H2,1H3,(H,27,28)(H,29,30)/t25-/m0/s1. The van der Waals surface area contributed by atoms with Gasteiger partial charge in [0, 0.05) is 18.9 Å². The summed E-state index contributed by atoms with van der Waals surface area (Å²) in [5.74, 6) is -0.722. The lowest BCUT2D eigenvalue weighted by Crippen LogP contribution is -2.41. The summed E-state index contributed by atoms with van der Waals surface area (Å²) in [5, 5.41) is 16.4. The topological polar surface area (TPSA) is 75.6 Å². The van der Waals surface area contributed by atoms with Crippen molar-refractivity contribution in [3.8, 4) is 5.75 Å². The molecule has 1 amide bonds. The Morgan fingerprint density at radius 1 is 0.903 bits per heavy atom. The number of benzene rings is 4. The maximum absolute atomic E-state index is 11.3. The van der Waals surface area contributed by atoms with Crippen molar-refractivity contribution in [3.63, 3.8) is 0 Å². The number of ether oxygens (including phenoxy) is 1. The molecule has 5 heteroatoms. The molecular weight excluding hydrogens is 390 g/mol. The lowest BCUT2D eigenvalue weighted by Gasteiger charge is -2.15. The van der Waals surface area contributed by atoms with E-state index in [1.165, 1.54) is 17.7 Å². The second kappa shape index (κ2) is 8.88. The Morgan fingerprint density at radius 3 is 2.03 bits per heavy atom. The average Bonchev–Trinajstić information content (AvgIpc) is 2.76. The smallest absolute Gasteiger partial charge is 0.326 e. The van der Waals surface area contributed by atoms with Gasteiger partial charge >= 0.3 is 5.97 Å². The molecule has 4 aromatic carbocycles. The van der Waals surface area contributed by atoms with Gasteiger partial charge in [0.1, 0.15) is 18.4 Å². The second-order valence-electron chi connectivity index (χ2n) is 7.53. The molecule has 4 aromatic rings. The number of carbonyl (C=O) groups is 2. The first-order chi connectivity index (χ1) is 15.0. The predicted octanol–water partition coefficient (Wildman–Crippen LogP) is 4.70. The molecule has 0 radical (unpaired) electrons. The van der Waals surface area contributed by atoms with Crippen molar-refractivity contribution in [1.29, 1.82) is 0 Å². The molecule has 0 spiro atoms. The van der Waals surface area contributed by atoms with Crippen molar-refractivity contribution < 1.29 is 19.4 Å². The van der Waals surface area contributed by atoms with E-state index in [4.69, 9.17) is 4.74 Å². The molecule has 1 atom stereocenters. The van der Waals surface area contributed by atoms with Gasteiger partial charge in [-0.3, -0.25) is 4.79 Å². The molecule has 0 fully saturated rings. The van der Waals surface area contributed by atoms with Crippen LogP contribution in [0.25, 0.3) is 21.5 Å². The minimum Gasteiger partial charge on any atom is -0.489 e. The zero-order valence-electron chi connectivity index (χ0n) is 17.2. The van der Waals surface area contributed by atoms with E-state index in [0.717, 1.165) is 21.9 Å². The summed E-state index contributed by atoms with van der Waals surface area (Å²) in [7, 11) is 0. The largest absolute Gasteiger partial charge is 0.489 e. The van der Waals surface area contributed by atoms with Gasteiger partial charge in [0.15, 0.2) is 0 Å². The molecule has 0 aliphatic rings. The summed E-state index contributed by atoms with van der Waals surface area (Å²) in [4.78, 5) is 22.6. The van der Waals surface area contributed by atoms with Crippen LogP contribution in [0.2, 0.25) is 0 Å². The highest BCUT2D eigenvalue weighted by molar-refractivity contribution is 6.02. The van der Waals surface area contributed by atoms with Gasteiger partial charge in [-0.2, -0.15) is 0 Å². The van der Waals surface area contributed by atoms with Crippen LogP contribution in [0, 0.1) is 0 Å². The van der Waals surface area contributed by atoms with Gasteiger partial charge in [-0.05, 0) is 45.3 Å². The number of carboxylic acids is 1. The molecule has 5 nitrogen and oxygen atoms in total. The Labute approximate surface area is 180 Å². The van der Waals surface area contributed by atoms with E-state index >= 15 is 0 Å². The fourth-order valence-electron chi connectivity index (χ4n) is 3.82. The van der Waals surface area contributed by atoms with Crippen molar-refractivity contribution >= 4 is 33.4 Å². The van der Waals surface area contributed by atoms with Crippen LogP contribution in [0.1, 0.15) is 18.1 Å². The molecule has 0 unspecified atom stereocenters. The van der Waals surface area contributed by atoms with E-state index in [9.17, 15) is 14.7 Å². The van der Waals surface area contributed by atoms with Crippen molar-refractivity contribution in [3.05, 3.63) is 90.0 Å². The summed E-state index contributed by atoms with van der Waals surface area (Å²) in [6.45, 7) is 1.73. The number of fused-ring (bicyclic) bond motifs is 2. The number of carbonyl (C=O) groups excluding carboxylic acids is 1. The zero-order valence-corrected chi connectivity index (χ0v) is 17.2. The summed E-state index contributed by atoms with van der Waals surface area (Å²) in [6, 6.07) is 25.1. The Hall–Kier alpha value is -3.86. The van der Waals surface area contributed by atoms with Crippen LogP contribution in [0.15, 0.2) is 78.9 Å². The lowest BCUT2D eigenvalue weighted by atomic mass is 9.97. The van der Waals surface area contributed by atoms with E-state index in [2.05, 4.69) is 35.6 Å². The van der Waals surface area contributed by atoms with E-state index in [0.29, 0.717) is 12.4 Å². The first-order valence-corrected chi connectivity index (χ1v) is 10.1. The molecule has 0 bridgehead atoms. The minimum atomic E-state index is -1.06. The van der Waals surface area contributed by atoms with E-state index < -0.39 is 12.0 Å². The first kappa shape index (κ1) is 20.4. The third-order valence-electron chi connectivity index (χ3n) is 5.30. The molecule has 0 aliphatic heterocycles. The van der Waals surface area contributed by atoms with Gasteiger partial charge < -0.3 is 15.2 Å². The van der Waals surface area contributed by atoms with Crippen LogP contribution in [0.3, 0.4) is 0 Å². The number of nitrogens with one attached hydrogen (secondary N) is 1. The molecular formula is C26H23NO4. The number of amides is 1. The van der Waals surface area contributed by atoms with Crippen LogP contribution in [0.5, 0.6) is 5.75 Å². The molecule has 0 aliphatic carbocycles. The Morgan fingerprint density at radius 2 is 1.48 bits per heavy atom. The maximum atomic E-state index is 11.3. The van der Waals surface area contributed by atoms with E-state index in [-0.39, 0.29) is 12.3 Å². The Bertz CT molecular complexity index is 1190. The van der Waals surface area contributed by atoms with Gasteiger partial charge in [0.2, 0.25) is 5.91 Å². The highest BCUT2D eigenvalue weighted by Crippen LogP contribution is 2.29. The third kappa shape index (κ3) is 4.67. The number of rotatable bonds is 7. The Balaban J connectivity index is 1.54. The minimum absolute atomic E-state index is 0.211. The second-order valence-corrected chi connectivity index (χ2v) is 7.53. The van der Waals surface area contributed by atoms with Crippen LogP contribution >= 0.6 is 0 Å². The highest BCUT2D eigenvalue weighted by atomic mass is 16.5. The SMILES string of the molecule is CC(=O)N[C@@H](Cc1ccc(OCc2c3ccccc3cc3ccccc23)cc1)C(=O)O. The van der Waals surface area contributed by atoms with Crippen LogP contribution in [-0.2, 0) is 22.6 Å². The molecule has 31 heavy (non-hydrogen) atoms. The lowest BCUT2D eigenvalue weighted by molar-refractivity contribution is -0.141. The summed E-state index contributed by atoms with van der Waals surface area (Å²) in [6.07, 6.45) is 0.211. The van der Waals surface area contributed by atoms with Crippen molar-refractivity contribution in [2.75, 3.05) is 0 Å². The van der Waals surface area contributed by atoms with E-state index in [1.807, 2.05) is 48.5 Å². The van der Waals surface area contributed by atoms with Gasteiger partial charge in [0.25, 0.3) is 0 Å². The molecule has 0 heterocycles. The van der Waals surface area contributed by atoms with Crippen LogP contribution in [-0.4, -0.2) is 23.0 Å². The molecule has 2 N–H and O–H groups in total. The first-order valence-electron chi connectivity index (χ1n) is 10.1. The maximum Gasteiger partial charge on any atom is 0.326 e. The van der Waals surface area contributed by atoms with Gasteiger partial charge in [-0.1, -0.05) is 60.7 Å². The fourth-order valence-corrected chi connectivity index (χ4v) is 3.82. The normalized spacial score (nSPS) is 11.9. The number of aliphatic carboxylic acids is 1. The summed E-state index contributed by atoms with van der Waals surface area (Å²) >= 11 is 0. The van der Waals surface area contributed by atoms with Gasteiger partial charge in [-0.25, -0.2) is 4.79 Å². The number of carboxylic acid groups (broad SMARTS) is 1. The van der Waals surface area contributed by atoms with E-state index in [1.54, 1.807) is 0 Å². The summed E-state index contributed by atoms with van der Waals surface area (Å²) < 4.78 is 6.09. The number of hydrogen-bond acceptors (Lipinski definition) is 3. The van der Waals surface area contributed by atoms with Crippen molar-refractivity contribution in [1.82, 2.24) is 5.32 Å². The zero-order chi connectivity index (χ0) is 21.8. The molecule has 0 saturated carbocycles. The quantitative estimate of drug-likeness (QED) is 0.431. The molecule has 156 valence electrons. The van der Waals surface area contributed by atoms with Crippen LogP contribution in [0.4, 0.5) is 0 Å².